The van der Waals surface area contributed by atoms with Gasteiger partial charge < -0.3 is 4.90 Å². The molecule has 1 aliphatic rings. The number of hydrogen-bond donors (Lipinski definition) is 1. The van der Waals surface area contributed by atoms with Crippen LogP contribution in [0.15, 0.2) is 30.5 Å². The van der Waals surface area contributed by atoms with Crippen LogP contribution in [0.1, 0.15) is 54.2 Å². The number of aryl methyl sites for hydroxylation is 2. The van der Waals surface area contributed by atoms with Crippen LogP contribution >= 0.6 is 0 Å². The van der Waals surface area contributed by atoms with Crippen LogP contribution in [0.4, 0.5) is 4.39 Å². The summed E-state index contributed by atoms with van der Waals surface area (Å²) in [6.07, 6.45) is 7.66. The molecule has 1 aromatic heterocycles. The van der Waals surface area contributed by atoms with Crippen molar-refractivity contribution >= 4 is 5.91 Å². The minimum Gasteiger partial charge on any atom is -0.338 e. The standard InChI is InChI=1S/C20H26FN3O/c1-2-4-19-18(13-22-23-19)20(25)24-12-3-5-16(14-24)7-6-15-8-10-17(21)11-9-15/h8-11,13,16H,2-7,12,14H2,1H3,(H,22,23). The maximum absolute atomic E-state index is 13.0. The highest BCUT2D eigenvalue weighted by molar-refractivity contribution is 5.95. The molecule has 1 aromatic carbocycles. The van der Waals surface area contributed by atoms with Crippen LogP contribution < -0.4 is 0 Å². The number of amides is 1. The second-order valence-electron chi connectivity index (χ2n) is 6.94. The Labute approximate surface area is 148 Å². The van der Waals surface area contributed by atoms with Crippen molar-refractivity contribution in [3.05, 3.63) is 53.1 Å². The van der Waals surface area contributed by atoms with E-state index < -0.39 is 0 Å². The van der Waals surface area contributed by atoms with Gasteiger partial charge in [0.1, 0.15) is 5.82 Å². The summed E-state index contributed by atoms with van der Waals surface area (Å²) in [5, 5.41) is 7.02. The molecule has 1 fully saturated rings. The number of piperidine rings is 1. The van der Waals surface area contributed by atoms with Gasteiger partial charge in [0.05, 0.1) is 11.8 Å². The molecule has 0 radical (unpaired) electrons. The lowest BCUT2D eigenvalue weighted by atomic mass is 9.91. The van der Waals surface area contributed by atoms with Crippen LogP contribution in [0, 0.1) is 11.7 Å². The predicted molar refractivity (Wildman–Crippen MR) is 95.9 cm³/mol. The number of likely N-dealkylation sites (tertiary alicyclic amines) is 1. The third kappa shape index (κ3) is 4.47. The molecule has 1 saturated heterocycles. The normalized spacial score (nSPS) is 17.7. The Morgan fingerprint density at radius 2 is 2.12 bits per heavy atom. The smallest absolute Gasteiger partial charge is 0.257 e. The van der Waals surface area contributed by atoms with Crippen molar-refractivity contribution in [1.29, 1.82) is 0 Å². The number of hydrogen-bond acceptors (Lipinski definition) is 2. The number of carbonyl (C=O) groups excluding carboxylic acids is 1. The minimum atomic E-state index is -0.193. The van der Waals surface area contributed by atoms with Crippen molar-refractivity contribution in [2.75, 3.05) is 13.1 Å². The number of rotatable bonds is 6. The highest BCUT2D eigenvalue weighted by atomic mass is 19.1. The molecule has 5 heteroatoms. The largest absolute Gasteiger partial charge is 0.338 e. The molecule has 1 N–H and O–H groups in total. The van der Waals surface area contributed by atoms with E-state index in [1.54, 1.807) is 6.20 Å². The van der Waals surface area contributed by atoms with Gasteiger partial charge in [0, 0.05) is 18.8 Å². The van der Waals surface area contributed by atoms with Crippen LogP contribution in [-0.4, -0.2) is 34.1 Å². The van der Waals surface area contributed by atoms with E-state index in [-0.39, 0.29) is 11.7 Å². The average Bonchev–Trinajstić information content (AvgIpc) is 3.09. The molecule has 25 heavy (non-hydrogen) atoms. The molecule has 2 aromatic rings. The van der Waals surface area contributed by atoms with Gasteiger partial charge in [0.15, 0.2) is 0 Å². The summed E-state index contributed by atoms with van der Waals surface area (Å²) in [6.45, 7) is 3.72. The highest BCUT2D eigenvalue weighted by Gasteiger charge is 2.26. The lowest BCUT2D eigenvalue weighted by Gasteiger charge is -2.33. The highest BCUT2D eigenvalue weighted by Crippen LogP contribution is 2.23. The van der Waals surface area contributed by atoms with Gasteiger partial charge in [-0.1, -0.05) is 25.5 Å². The van der Waals surface area contributed by atoms with E-state index >= 15 is 0 Å². The van der Waals surface area contributed by atoms with Gasteiger partial charge in [-0.3, -0.25) is 9.89 Å². The van der Waals surface area contributed by atoms with Crippen molar-refractivity contribution in [2.24, 2.45) is 5.92 Å². The molecule has 0 aliphatic carbocycles. The molecular formula is C20H26FN3O. The Morgan fingerprint density at radius 3 is 2.88 bits per heavy atom. The van der Waals surface area contributed by atoms with Crippen LogP contribution in [0.2, 0.25) is 0 Å². The Bertz CT molecular complexity index is 695. The third-order valence-corrected chi connectivity index (χ3v) is 5.01. The molecule has 0 bridgehead atoms. The van der Waals surface area contributed by atoms with Crippen LogP contribution in [0.3, 0.4) is 0 Å². The number of aromatic amines is 1. The van der Waals surface area contributed by atoms with Crippen molar-refractivity contribution in [3.63, 3.8) is 0 Å². The zero-order chi connectivity index (χ0) is 17.6. The van der Waals surface area contributed by atoms with Crippen LogP contribution in [-0.2, 0) is 12.8 Å². The van der Waals surface area contributed by atoms with Gasteiger partial charge in [-0.25, -0.2) is 4.39 Å². The number of benzene rings is 1. The van der Waals surface area contributed by atoms with E-state index in [4.69, 9.17) is 0 Å². The van der Waals surface area contributed by atoms with Gasteiger partial charge in [0.2, 0.25) is 0 Å². The molecule has 1 unspecified atom stereocenters. The average molecular weight is 343 g/mol. The first kappa shape index (κ1) is 17.6. The summed E-state index contributed by atoms with van der Waals surface area (Å²) in [7, 11) is 0. The molecule has 134 valence electrons. The lowest BCUT2D eigenvalue weighted by Crippen LogP contribution is -2.40. The number of H-pyrrole nitrogens is 1. The first-order chi connectivity index (χ1) is 12.2. The molecule has 2 heterocycles. The molecular weight excluding hydrogens is 317 g/mol. The SMILES string of the molecule is CCCc1[nH]ncc1C(=O)N1CCCC(CCc2ccc(F)cc2)C1. The quantitative estimate of drug-likeness (QED) is 0.862. The summed E-state index contributed by atoms with van der Waals surface area (Å²) < 4.78 is 13.0. The maximum Gasteiger partial charge on any atom is 0.257 e. The van der Waals surface area contributed by atoms with E-state index in [0.29, 0.717) is 5.92 Å². The zero-order valence-electron chi connectivity index (χ0n) is 14.8. The number of nitrogens with zero attached hydrogens (tertiary/aromatic N) is 2. The molecule has 1 atom stereocenters. The summed E-state index contributed by atoms with van der Waals surface area (Å²) in [5.74, 6) is 0.411. The third-order valence-electron chi connectivity index (χ3n) is 5.01. The number of halogens is 1. The second kappa shape index (κ2) is 8.28. The van der Waals surface area contributed by atoms with Gasteiger partial charge in [-0.05, 0) is 55.7 Å². The van der Waals surface area contributed by atoms with Crippen LogP contribution in [0.25, 0.3) is 0 Å². The van der Waals surface area contributed by atoms with Gasteiger partial charge in [-0.15, -0.1) is 0 Å². The lowest BCUT2D eigenvalue weighted by molar-refractivity contribution is 0.0667. The molecule has 0 saturated carbocycles. The van der Waals surface area contributed by atoms with Gasteiger partial charge >= 0.3 is 0 Å². The predicted octanol–water partition coefficient (Wildman–Crippen LogP) is 3.99. The van der Waals surface area contributed by atoms with Crippen molar-refractivity contribution < 1.29 is 9.18 Å². The Balaban J connectivity index is 1.57. The van der Waals surface area contributed by atoms with Gasteiger partial charge in [-0.2, -0.15) is 5.10 Å². The van der Waals surface area contributed by atoms with Crippen molar-refractivity contribution in [3.8, 4) is 0 Å². The Kier molecular flexibility index (Phi) is 5.84. The molecule has 0 spiro atoms. The van der Waals surface area contributed by atoms with Crippen molar-refractivity contribution in [1.82, 2.24) is 15.1 Å². The Hall–Kier alpha value is -2.17. The van der Waals surface area contributed by atoms with E-state index in [0.717, 1.165) is 68.4 Å². The fourth-order valence-corrected chi connectivity index (χ4v) is 3.62. The van der Waals surface area contributed by atoms with Crippen molar-refractivity contribution in [2.45, 2.75) is 45.4 Å². The molecule has 1 amide bonds. The van der Waals surface area contributed by atoms with Gasteiger partial charge in [0.25, 0.3) is 5.91 Å². The molecule has 4 nitrogen and oxygen atoms in total. The Morgan fingerprint density at radius 1 is 1.32 bits per heavy atom. The fraction of sp³-hybridized carbons (Fsp3) is 0.500. The summed E-state index contributed by atoms with van der Waals surface area (Å²) in [5.41, 5.74) is 2.83. The van der Waals surface area contributed by atoms with E-state index in [2.05, 4.69) is 17.1 Å². The monoisotopic (exact) mass is 343 g/mol. The zero-order valence-corrected chi connectivity index (χ0v) is 14.8. The summed E-state index contributed by atoms with van der Waals surface area (Å²) in [4.78, 5) is 14.8. The minimum absolute atomic E-state index is 0.101. The maximum atomic E-state index is 13.0. The number of aromatic nitrogens is 2. The molecule has 3 rings (SSSR count). The van der Waals surface area contributed by atoms with E-state index in [9.17, 15) is 9.18 Å². The number of nitrogens with one attached hydrogen (secondary N) is 1. The number of carbonyl (C=O) groups is 1. The summed E-state index contributed by atoms with van der Waals surface area (Å²) >= 11 is 0. The first-order valence-corrected chi connectivity index (χ1v) is 9.23. The summed E-state index contributed by atoms with van der Waals surface area (Å²) in [6, 6.07) is 6.73. The van der Waals surface area contributed by atoms with Crippen LogP contribution in [0.5, 0.6) is 0 Å². The molecule has 1 aliphatic heterocycles. The fourth-order valence-electron chi connectivity index (χ4n) is 3.62. The second-order valence-corrected chi connectivity index (χ2v) is 6.94. The van der Waals surface area contributed by atoms with E-state index in [1.807, 2.05) is 17.0 Å². The topological polar surface area (TPSA) is 49.0 Å². The van der Waals surface area contributed by atoms with E-state index in [1.165, 1.54) is 12.1 Å². The first-order valence-electron chi connectivity index (χ1n) is 9.23.